The molecule has 1 aliphatic carbocycles. The molecule has 0 atom stereocenters. The smallest absolute Gasteiger partial charge is 0.0488 e. The summed E-state index contributed by atoms with van der Waals surface area (Å²) in [4.78, 5) is 0. The fraction of sp³-hybridized carbons (Fsp3) is 0.200. The minimum absolute atomic E-state index is 0.938. The number of nitrogens with one attached hydrogen (secondary N) is 1. The summed E-state index contributed by atoms with van der Waals surface area (Å²) in [7, 11) is 0. The molecule has 0 radical (unpaired) electrons. The van der Waals surface area contributed by atoms with Gasteiger partial charge in [-0.2, -0.15) is 0 Å². The first-order valence-corrected chi connectivity index (χ1v) is 10.0. The summed E-state index contributed by atoms with van der Waals surface area (Å²) in [5.41, 5.74) is 9.43. The van der Waals surface area contributed by atoms with E-state index in [4.69, 9.17) is 5.84 Å². The number of anilines is 1. The van der Waals surface area contributed by atoms with Gasteiger partial charge in [-0.1, -0.05) is 66.7 Å². The largest absolute Gasteiger partial charge is 0.340 e. The molecule has 0 bridgehead atoms. The van der Waals surface area contributed by atoms with Gasteiger partial charge in [0.2, 0.25) is 0 Å². The van der Waals surface area contributed by atoms with Crippen LogP contribution in [0.1, 0.15) is 29.7 Å². The first kappa shape index (κ1) is 18.3. The molecule has 0 unspecified atom stereocenters. The number of hydrogen-bond donors (Lipinski definition) is 2. The van der Waals surface area contributed by atoms with Crippen LogP contribution in [0.15, 0.2) is 84.9 Å². The molecule has 4 aromatic rings. The maximum Gasteiger partial charge on any atom is 0.0488 e. The molecule has 0 aliphatic heterocycles. The third-order valence-corrected chi connectivity index (χ3v) is 5.41. The van der Waals surface area contributed by atoms with E-state index in [1.807, 2.05) is 30.3 Å². The number of nitrogen functional groups attached to an aromatic ring is 1. The molecule has 3 heteroatoms. The van der Waals surface area contributed by atoms with Crippen molar-refractivity contribution in [2.75, 3.05) is 5.43 Å². The molecule has 1 aromatic heterocycles. The van der Waals surface area contributed by atoms with Gasteiger partial charge in [-0.05, 0) is 55.0 Å². The van der Waals surface area contributed by atoms with E-state index >= 15 is 0 Å². The number of hydrazine groups is 1. The molecule has 3 aromatic carbocycles. The molecular weight excluding hydrogens is 342 g/mol. The van der Waals surface area contributed by atoms with Crippen molar-refractivity contribution in [1.29, 1.82) is 0 Å². The SMILES string of the molecule is NNc1ccccc1.c1ccc(Cn2c3c(c4ccccc42)CCCC3)cc1. The Morgan fingerprint density at radius 1 is 0.750 bits per heavy atom. The van der Waals surface area contributed by atoms with Crippen molar-refractivity contribution in [2.24, 2.45) is 5.84 Å². The highest BCUT2D eigenvalue weighted by atomic mass is 15.2. The third-order valence-electron chi connectivity index (χ3n) is 5.41. The number of aromatic nitrogens is 1. The van der Waals surface area contributed by atoms with Crippen LogP contribution < -0.4 is 11.3 Å². The normalized spacial score (nSPS) is 12.8. The summed E-state index contributed by atoms with van der Waals surface area (Å²) >= 11 is 0. The molecule has 1 heterocycles. The second-order valence-electron chi connectivity index (χ2n) is 7.23. The van der Waals surface area contributed by atoms with Crippen LogP contribution >= 0.6 is 0 Å². The second kappa shape index (κ2) is 8.77. The molecule has 5 rings (SSSR count). The first-order chi connectivity index (χ1) is 13.9. The van der Waals surface area contributed by atoms with Crippen LogP contribution in [0.2, 0.25) is 0 Å². The molecule has 142 valence electrons. The highest BCUT2D eigenvalue weighted by molar-refractivity contribution is 5.86. The molecule has 28 heavy (non-hydrogen) atoms. The van der Waals surface area contributed by atoms with Gasteiger partial charge in [0, 0.05) is 28.8 Å². The van der Waals surface area contributed by atoms with E-state index in [1.54, 1.807) is 11.3 Å². The Labute approximate surface area is 166 Å². The monoisotopic (exact) mass is 369 g/mol. The van der Waals surface area contributed by atoms with Crippen molar-refractivity contribution in [3.05, 3.63) is 102 Å². The summed E-state index contributed by atoms with van der Waals surface area (Å²) < 4.78 is 2.54. The third kappa shape index (κ3) is 3.95. The number of aryl methyl sites for hydroxylation is 1. The molecule has 0 fully saturated rings. The zero-order chi connectivity index (χ0) is 19.2. The van der Waals surface area contributed by atoms with Gasteiger partial charge in [0.25, 0.3) is 0 Å². The van der Waals surface area contributed by atoms with Crippen LogP contribution in [0.5, 0.6) is 0 Å². The topological polar surface area (TPSA) is 43.0 Å². The lowest BCUT2D eigenvalue weighted by Crippen LogP contribution is -2.09. The number of rotatable bonds is 3. The fourth-order valence-electron chi connectivity index (χ4n) is 4.07. The highest BCUT2D eigenvalue weighted by Crippen LogP contribution is 2.32. The van der Waals surface area contributed by atoms with Crippen molar-refractivity contribution in [2.45, 2.75) is 32.2 Å². The van der Waals surface area contributed by atoms with Gasteiger partial charge in [-0.15, -0.1) is 0 Å². The molecular formula is C25H27N3. The van der Waals surface area contributed by atoms with E-state index < -0.39 is 0 Å². The molecule has 3 nitrogen and oxygen atoms in total. The van der Waals surface area contributed by atoms with E-state index in [0.29, 0.717) is 0 Å². The minimum atomic E-state index is 0.938. The van der Waals surface area contributed by atoms with Gasteiger partial charge < -0.3 is 9.99 Å². The summed E-state index contributed by atoms with van der Waals surface area (Å²) in [5.74, 6) is 5.10. The van der Waals surface area contributed by atoms with Gasteiger partial charge in [0.05, 0.1) is 0 Å². The number of benzene rings is 3. The van der Waals surface area contributed by atoms with Crippen molar-refractivity contribution in [1.82, 2.24) is 4.57 Å². The Balaban J connectivity index is 0.000000203. The standard InChI is InChI=1S/C19H19N.C6H8N2/c1-2-8-15(9-3-1)14-20-18-12-6-4-10-16(18)17-11-5-7-13-19(17)20;7-8-6-4-2-1-3-5-6/h1-4,6,8-10,12H,5,7,11,13-14H2;1-5,8H,7H2. The minimum Gasteiger partial charge on any atom is -0.340 e. The van der Waals surface area contributed by atoms with Crippen molar-refractivity contribution in [3.8, 4) is 0 Å². The number of nitrogens with zero attached hydrogens (tertiary/aromatic N) is 1. The molecule has 0 saturated heterocycles. The molecule has 0 spiro atoms. The second-order valence-corrected chi connectivity index (χ2v) is 7.23. The van der Waals surface area contributed by atoms with Crippen LogP contribution in [0.25, 0.3) is 10.9 Å². The number of hydrogen-bond acceptors (Lipinski definition) is 2. The van der Waals surface area contributed by atoms with Crippen molar-refractivity contribution in [3.63, 3.8) is 0 Å². The maximum atomic E-state index is 5.10. The number of fused-ring (bicyclic) bond motifs is 3. The summed E-state index contributed by atoms with van der Waals surface area (Å²) in [6.07, 6.45) is 5.15. The van der Waals surface area contributed by atoms with Gasteiger partial charge in [0.1, 0.15) is 0 Å². The molecule has 0 amide bonds. The van der Waals surface area contributed by atoms with Crippen LogP contribution in [-0.4, -0.2) is 4.57 Å². The maximum absolute atomic E-state index is 5.10. The van der Waals surface area contributed by atoms with Crippen LogP contribution in [0.3, 0.4) is 0 Å². The predicted molar refractivity (Wildman–Crippen MR) is 118 cm³/mol. The fourth-order valence-corrected chi connectivity index (χ4v) is 4.07. The lowest BCUT2D eigenvalue weighted by molar-refractivity contribution is 0.638. The average Bonchev–Trinajstić information content (AvgIpc) is 3.10. The summed E-state index contributed by atoms with van der Waals surface area (Å²) in [6, 6.07) is 29.3. The van der Waals surface area contributed by atoms with Gasteiger partial charge in [0.15, 0.2) is 0 Å². The summed E-state index contributed by atoms with van der Waals surface area (Å²) in [5, 5.41) is 1.47. The quantitative estimate of drug-likeness (QED) is 0.368. The Hall–Kier alpha value is -3.04. The van der Waals surface area contributed by atoms with E-state index in [-0.39, 0.29) is 0 Å². The molecule has 3 N–H and O–H groups in total. The van der Waals surface area contributed by atoms with Gasteiger partial charge in [-0.3, -0.25) is 5.84 Å². The molecule has 0 saturated carbocycles. The zero-order valence-corrected chi connectivity index (χ0v) is 16.1. The van der Waals surface area contributed by atoms with E-state index in [1.165, 1.54) is 42.1 Å². The van der Waals surface area contributed by atoms with Crippen LogP contribution in [0.4, 0.5) is 5.69 Å². The Morgan fingerprint density at radius 3 is 2.11 bits per heavy atom. The van der Waals surface area contributed by atoms with Crippen molar-refractivity contribution < 1.29 is 0 Å². The van der Waals surface area contributed by atoms with Crippen LogP contribution in [0, 0.1) is 0 Å². The lowest BCUT2D eigenvalue weighted by Gasteiger charge is -2.16. The van der Waals surface area contributed by atoms with E-state index in [2.05, 4.69) is 64.6 Å². The molecule has 1 aliphatic rings. The predicted octanol–water partition coefficient (Wildman–Crippen LogP) is 5.54. The summed E-state index contributed by atoms with van der Waals surface area (Å²) in [6.45, 7) is 0.997. The Bertz CT molecular complexity index is 1020. The Kier molecular flexibility index (Phi) is 5.74. The van der Waals surface area contributed by atoms with Gasteiger partial charge in [-0.25, -0.2) is 0 Å². The highest BCUT2D eigenvalue weighted by Gasteiger charge is 2.19. The number of nitrogens with two attached hydrogens (primary N) is 1. The van der Waals surface area contributed by atoms with Crippen molar-refractivity contribution >= 4 is 16.6 Å². The van der Waals surface area contributed by atoms with E-state index in [0.717, 1.165) is 12.2 Å². The zero-order valence-electron chi connectivity index (χ0n) is 16.1. The van der Waals surface area contributed by atoms with Crippen LogP contribution in [-0.2, 0) is 19.4 Å². The lowest BCUT2D eigenvalue weighted by atomic mass is 9.95. The number of para-hydroxylation sites is 2. The Morgan fingerprint density at radius 2 is 1.39 bits per heavy atom. The first-order valence-electron chi connectivity index (χ1n) is 10.0. The average molecular weight is 370 g/mol. The van der Waals surface area contributed by atoms with E-state index in [9.17, 15) is 0 Å². The van der Waals surface area contributed by atoms with Gasteiger partial charge >= 0.3 is 0 Å².